The Bertz CT molecular complexity index is 528. The van der Waals surface area contributed by atoms with Crippen LogP contribution in [0.3, 0.4) is 0 Å². The molecule has 0 saturated carbocycles. The van der Waals surface area contributed by atoms with Crippen LogP contribution in [-0.4, -0.2) is 10.8 Å². The Balaban J connectivity index is 2.36. The average Bonchev–Trinajstić information content (AvgIpc) is 2.59. The van der Waals surface area contributed by atoms with Crippen LogP contribution in [0.25, 0.3) is 10.9 Å². The minimum atomic E-state index is -0.283. The van der Waals surface area contributed by atoms with Gasteiger partial charge in [0.1, 0.15) is 5.82 Å². The summed E-state index contributed by atoms with van der Waals surface area (Å²) in [4.78, 5) is 14.8. The molecule has 0 radical (unpaired) electrons. The predicted octanol–water partition coefficient (Wildman–Crippen LogP) is 3.54. The number of ketones is 1. The number of fused-ring (bicyclic) bond motifs is 1. The first-order valence-electron chi connectivity index (χ1n) is 5.37. The zero-order valence-corrected chi connectivity index (χ0v) is 9.38. The van der Waals surface area contributed by atoms with Gasteiger partial charge in [-0.2, -0.15) is 0 Å². The Morgan fingerprint density at radius 3 is 2.81 bits per heavy atom. The summed E-state index contributed by atoms with van der Waals surface area (Å²) >= 11 is 0. The zero-order chi connectivity index (χ0) is 11.7. The molecule has 0 aliphatic rings. The van der Waals surface area contributed by atoms with Crippen molar-refractivity contribution in [3.05, 3.63) is 35.8 Å². The number of H-pyrrole nitrogens is 1. The fraction of sp³-hybridized carbons (Fsp3) is 0.308. The van der Waals surface area contributed by atoms with E-state index < -0.39 is 0 Å². The quantitative estimate of drug-likeness (QED) is 0.787. The summed E-state index contributed by atoms with van der Waals surface area (Å²) < 4.78 is 13.0. The van der Waals surface area contributed by atoms with E-state index in [1.807, 2.05) is 13.8 Å². The van der Waals surface area contributed by atoms with Crippen molar-refractivity contribution in [1.82, 2.24) is 4.98 Å². The Labute approximate surface area is 93.5 Å². The Morgan fingerprint density at radius 2 is 2.12 bits per heavy atom. The number of rotatable bonds is 3. The molecule has 2 aromatic rings. The summed E-state index contributed by atoms with van der Waals surface area (Å²) in [5, 5.41) is 0.743. The van der Waals surface area contributed by atoms with E-state index in [0.29, 0.717) is 18.0 Å². The maximum absolute atomic E-state index is 13.0. The largest absolute Gasteiger partial charge is 0.352 e. The Hall–Kier alpha value is -1.64. The number of nitrogens with one attached hydrogen (secondary N) is 1. The minimum Gasteiger partial charge on any atom is -0.352 e. The molecule has 0 fully saturated rings. The maximum atomic E-state index is 13.0. The second-order valence-electron chi connectivity index (χ2n) is 4.44. The number of Topliss-reactive ketones (excluding diaryl/α,β-unsaturated/α-hetero) is 1. The van der Waals surface area contributed by atoms with Crippen molar-refractivity contribution in [2.45, 2.75) is 20.3 Å². The fourth-order valence-corrected chi connectivity index (χ4v) is 1.73. The van der Waals surface area contributed by atoms with E-state index in [1.54, 1.807) is 12.1 Å². The highest BCUT2D eigenvalue weighted by Crippen LogP contribution is 2.18. The number of halogens is 1. The van der Waals surface area contributed by atoms with Crippen LogP contribution in [-0.2, 0) is 0 Å². The number of aromatic amines is 1. The molecule has 1 heterocycles. The normalized spacial score (nSPS) is 11.2. The van der Waals surface area contributed by atoms with Gasteiger partial charge in [-0.25, -0.2) is 4.39 Å². The first-order valence-corrected chi connectivity index (χ1v) is 5.37. The van der Waals surface area contributed by atoms with E-state index in [1.165, 1.54) is 12.1 Å². The molecule has 0 saturated heterocycles. The van der Waals surface area contributed by atoms with Gasteiger partial charge in [0.05, 0.1) is 5.69 Å². The SMILES string of the molecule is CC(C)CC(=O)c1cc2cc(F)ccc2[nH]1. The van der Waals surface area contributed by atoms with Crippen LogP contribution in [0.4, 0.5) is 4.39 Å². The van der Waals surface area contributed by atoms with E-state index in [2.05, 4.69) is 4.98 Å². The average molecular weight is 219 g/mol. The molecule has 0 spiro atoms. The summed E-state index contributed by atoms with van der Waals surface area (Å²) in [7, 11) is 0. The molecule has 0 unspecified atom stereocenters. The summed E-state index contributed by atoms with van der Waals surface area (Å²) in [5.74, 6) is 0.122. The van der Waals surface area contributed by atoms with Crippen LogP contribution in [0.1, 0.15) is 30.8 Å². The van der Waals surface area contributed by atoms with Crippen LogP contribution in [0, 0.1) is 11.7 Å². The first kappa shape index (κ1) is 10.9. The third-order valence-electron chi connectivity index (χ3n) is 2.48. The number of benzene rings is 1. The standard InChI is InChI=1S/C13H14FNO/c1-8(2)5-13(16)12-7-9-6-10(14)3-4-11(9)15-12/h3-4,6-8,15H,5H2,1-2H3. The van der Waals surface area contributed by atoms with Crippen LogP contribution in [0.2, 0.25) is 0 Å². The molecule has 2 rings (SSSR count). The second kappa shape index (κ2) is 4.08. The molecular weight excluding hydrogens is 205 g/mol. The number of hydrogen-bond acceptors (Lipinski definition) is 1. The lowest BCUT2D eigenvalue weighted by Gasteiger charge is -2.00. The van der Waals surface area contributed by atoms with Crippen molar-refractivity contribution < 1.29 is 9.18 Å². The van der Waals surface area contributed by atoms with Gasteiger partial charge < -0.3 is 4.98 Å². The highest BCUT2D eigenvalue weighted by atomic mass is 19.1. The lowest BCUT2D eigenvalue weighted by atomic mass is 10.1. The summed E-state index contributed by atoms with van der Waals surface area (Å²) in [6.07, 6.45) is 0.509. The van der Waals surface area contributed by atoms with Crippen molar-refractivity contribution in [3.8, 4) is 0 Å². The number of hydrogen-bond donors (Lipinski definition) is 1. The predicted molar refractivity (Wildman–Crippen MR) is 62.0 cm³/mol. The van der Waals surface area contributed by atoms with Crippen molar-refractivity contribution in [2.24, 2.45) is 5.92 Å². The van der Waals surface area contributed by atoms with E-state index in [-0.39, 0.29) is 11.6 Å². The van der Waals surface area contributed by atoms with E-state index in [0.717, 1.165) is 10.9 Å². The van der Waals surface area contributed by atoms with Gasteiger partial charge in [-0.1, -0.05) is 13.8 Å². The monoisotopic (exact) mass is 219 g/mol. The molecule has 1 N–H and O–H groups in total. The molecular formula is C13H14FNO. The van der Waals surface area contributed by atoms with E-state index >= 15 is 0 Å². The molecule has 0 bridgehead atoms. The lowest BCUT2D eigenvalue weighted by molar-refractivity contribution is 0.0964. The number of carbonyl (C=O) groups is 1. The third-order valence-corrected chi connectivity index (χ3v) is 2.48. The maximum Gasteiger partial charge on any atom is 0.179 e. The van der Waals surface area contributed by atoms with E-state index in [4.69, 9.17) is 0 Å². The number of aromatic nitrogens is 1. The minimum absolute atomic E-state index is 0.0756. The molecule has 0 aliphatic carbocycles. The van der Waals surface area contributed by atoms with E-state index in [9.17, 15) is 9.18 Å². The van der Waals surface area contributed by atoms with Crippen LogP contribution >= 0.6 is 0 Å². The molecule has 3 heteroatoms. The van der Waals surface area contributed by atoms with Gasteiger partial charge in [-0.3, -0.25) is 4.79 Å². The van der Waals surface area contributed by atoms with Gasteiger partial charge in [-0.15, -0.1) is 0 Å². The van der Waals surface area contributed by atoms with Crippen molar-refractivity contribution in [1.29, 1.82) is 0 Å². The Morgan fingerprint density at radius 1 is 1.38 bits per heavy atom. The molecule has 1 aromatic carbocycles. The first-order chi connectivity index (χ1) is 7.56. The third kappa shape index (κ3) is 2.13. The molecule has 0 aliphatic heterocycles. The highest BCUT2D eigenvalue weighted by molar-refractivity contribution is 5.99. The topological polar surface area (TPSA) is 32.9 Å². The van der Waals surface area contributed by atoms with Gasteiger partial charge in [0, 0.05) is 17.3 Å². The van der Waals surface area contributed by atoms with Crippen LogP contribution in [0.5, 0.6) is 0 Å². The van der Waals surface area contributed by atoms with Gasteiger partial charge in [-0.05, 0) is 30.2 Å². The van der Waals surface area contributed by atoms with Gasteiger partial charge in [0.25, 0.3) is 0 Å². The van der Waals surface area contributed by atoms with Crippen molar-refractivity contribution in [3.63, 3.8) is 0 Å². The highest BCUT2D eigenvalue weighted by Gasteiger charge is 2.11. The molecule has 0 amide bonds. The lowest BCUT2D eigenvalue weighted by Crippen LogP contribution is -2.03. The molecule has 2 nitrogen and oxygen atoms in total. The van der Waals surface area contributed by atoms with Gasteiger partial charge in [0.2, 0.25) is 0 Å². The molecule has 1 aromatic heterocycles. The van der Waals surface area contributed by atoms with Gasteiger partial charge in [0.15, 0.2) is 5.78 Å². The van der Waals surface area contributed by atoms with Crippen molar-refractivity contribution in [2.75, 3.05) is 0 Å². The van der Waals surface area contributed by atoms with Crippen LogP contribution in [0.15, 0.2) is 24.3 Å². The molecule has 84 valence electrons. The van der Waals surface area contributed by atoms with Gasteiger partial charge >= 0.3 is 0 Å². The fourth-order valence-electron chi connectivity index (χ4n) is 1.73. The number of carbonyl (C=O) groups excluding carboxylic acids is 1. The Kier molecular flexibility index (Phi) is 2.77. The van der Waals surface area contributed by atoms with Crippen molar-refractivity contribution >= 4 is 16.7 Å². The summed E-state index contributed by atoms with van der Waals surface area (Å²) in [6, 6.07) is 6.17. The molecule has 16 heavy (non-hydrogen) atoms. The summed E-state index contributed by atoms with van der Waals surface area (Å²) in [5.41, 5.74) is 1.36. The summed E-state index contributed by atoms with van der Waals surface area (Å²) in [6.45, 7) is 4.00. The van der Waals surface area contributed by atoms with Crippen LogP contribution < -0.4 is 0 Å². The smallest absolute Gasteiger partial charge is 0.179 e. The molecule has 0 atom stereocenters. The second-order valence-corrected chi connectivity index (χ2v) is 4.44. The zero-order valence-electron chi connectivity index (χ0n) is 9.38.